The molecule has 0 amide bonds. The SMILES string of the molecule is Cc1cc2oc(=O)cc(Cn3nnnc3-c3ccncc3)c2cc1C. The van der Waals surface area contributed by atoms with E-state index >= 15 is 0 Å². The highest BCUT2D eigenvalue weighted by Gasteiger charge is 2.13. The molecule has 0 aliphatic rings. The van der Waals surface area contributed by atoms with Gasteiger partial charge in [-0.3, -0.25) is 4.98 Å². The predicted octanol–water partition coefficient (Wildman–Crippen LogP) is 2.51. The van der Waals surface area contributed by atoms with Crippen LogP contribution in [0.25, 0.3) is 22.4 Å². The highest BCUT2D eigenvalue weighted by molar-refractivity contribution is 5.82. The molecule has 4 rings (SSSR count). The van der Waals surface area contributed by atoms with Crippen LogP contribution in [0.4, 0.5) is 0 Å². The molecule has 0 N–H and O–H groups in total. The second-order valence-electron chi connectivity index (χ2n) is 5.92. The lowest BCUT2D eigenvalue weighted by molar-refractivity contribution is 0.555. The summed E-state index contributed by atoms with van der Waals surface area (Å²) in [6, 6.07) is 9.09. The van der Waals surface area contributed by atoms with E-state index in [9.17, 15) is 4.79 Å². The van der Waals surface area contributed by atoms with E-state index in [0.29, 0.717) is 18.0 Å². The molecule has 3 heterocycles. The van der Waals surface area contributed by atoms with E-state index in [4.69, 9.17) is 4.42 Å². The van der Waals surface area contributed by atoms with Crippen molar-refractivity contribution in [2.45, 2.75) is 20.4 Å². The quantitative estimate of drug-likeness (QED) is 0.535. The van der Waals surface area contributed by atoms with Crippen molar-refractivity contribution in [3.8, 4) is 11.4 Å². The van der Waals surface area contributed by atoms with Gasteiger partial charge in [-0.1, -0.05) is 0 Å². The smallest absolute Gasteiger partial charge is 0.336 e. The van der Waals surface area contributed by atoms with E-state index in [-0.39, 0.29) is 5.63 Å². The van der Waals surface area contributed by atoms with E-state index in [1.807, 2.05) is 38.1 Å². The summed E-state index contributed by atoms with van der Waals surface area (Å²) in [5, 5.41) is 12.8. The summed E-state index contributed by atoms with van der Waals surface area (Å²) in [4.78, 5) is 16.0. The Hall–Kier alpha value is -3.35. The fraction of sp³-hybridized carbons (Fsp3) is 0.167. The Labute approximate surface area is 142 Å². The Morgan fingerprint density at radius 1 is 1.08 bits per heavy atom. The number of hydrogen-bond donors (Lipinski definition) is 0. The predicted molar refractivity (Wildman–Crippen MR) is 92.1 cm³/mol. The van der Waals surface area contributed by atoms with Crippen LogP contribution in [-0.2, 0) is 6.54 Å². The van der Waals surface area contributed by atoms with Crippen molar-refractivity contribution in [1.29, 1.82) is 0 Å². The first kappa shape index (κ1) is 15.2. The van der Waals surface area contributed by atoms with E-state index in [1.165, 1.54) is 6.07 Å². The molecular weight excluding hydrogens is 318 g/mol. The van der Waals surface area contributed by atoms with Gasteiger partial charge in [-0.2, -0.15) is 0 Å². The monoisotopic (exact) mass is 333 g/mol. The summed E-state index contributed by atoms with van der Waals surface area (Å²) in [6.45, 7) is 4.39. The van der Waals surface area contributed by atoms with Crippen LogP contribution >= 0.6 is 0 Å². The summed E-state index contributed by atoms with van der Waals surface area (Å²) in [5.74, 6) is 0.618. The normalized spacial score (nSPS) is 11.1. The standard InChI is InChI=1S/C18H15N5O2/c1-11-7-15-14(9-17(24)25-16(15)8-12(11)2)10-23-18(20-21-22-23)13-3-5-19-6-4-13/h3-9H,10H2,1-2H3. The van der Waals surface area contributed by atoms with Crippen molar-refractivity contribution in [3.05, 3.63) is 69.8 Å². The zero-order valence-corrected chi connectivity index (χ0v) is 13.8. The van der Waals surface area contributed by atoms with Gasteiger partial charge in [0.2, 0.25) is 0 Å². The Kier molecular flexibility index (Phi) is 3.61. The van der Waals surface area contributed by atoms with Gasteiger partial charge in [-0.15, -0.1) is 5.10 Å². The van der Waals surface area contributed by atoms with Gasteiger partial charge in [0, 0.05) is 29.4 Å². The first-order chi connectivity index (χ1) is 12.1. The van der Waals surface area contributed by atoms with Crippen LogP contribution in [0.15, 0.2) is 51.9 Å². The van der Waals surface area contributed by atoms with Gasteiger partial charge in [-0.05, 0) is 65.2 Å². The first-order valence-corrected chi connectivity index (χ1v) is 7.82. The molecule has 0 unspecified atom stereocenters. The molecular formula is C18H15N5O2. The molecule has 0 aliphatic carbocycles. The molecule has 0 radical (unpaired) electrons. The second-order valence-corrected chi connectivity index (χ2v) is 5.92. The summed E-state index contributed by atoms with van der Waals surface area (Å²) in [7, 11) is 0. The summed E-state index contributed by atoms with van der Waals surface area (Å²) in [5.41, 5.74) is 4.08. The van der Waals surface area contributed by atoms with Crippen molar-refractivity contribution >= 4 is 11.0 Å². The van der Waals surface area contributed by atoms with Gasteiger partial charge >= 0.3 is 5.63 Å². The molecule has 0 saturated heterocycles. The number of aromatic nitrogens is 5. The van der Waals surface area contributed by atoms with Gasteiger partial charge in [0.1, 0.15) is 5.58 Å². The van der Waals surface area contributed by atoms with Crippen molar-refractivity contribution in [2.24, 2.45) is 0 Å². The fourth-order valence-corrected chi connectivity index (χ4v) is 2.79. The average molecular weight is 333 g/mol. The minimum atomic E-state index is -0.385. The Balaban J connectivity index is 1.84. The maximum atomic E-state index is 11.9. The number of fused-ring (bicyclic) bond motifs is 1. The summed E-state index contributed by atoms with van der Waals surface area (Å²) >= 11 is 0. The molecule has 25 heavy (non-hydrogen) atoms. The molecule has 4 aromatic rings. The van der Waals surface area contributed by atoms with Crippen LogP contribution in [0.1, 0.15) is 16.7 Å². The lowest BCUT2D eigenvalue weighted by atomic mass is 10.0. The van der Waals surface area contributed by atoms with Crippen LogP contribution in [0.3, 0.4) is 0 Å². The maximum Gasteiger partial charge on any atom is 0.336 e. The van der Waals surface area contributed by atoms with E-state index < -0.39 is 0 Å². The first-order valence-electron chi connectivity index (χ1n) is 7.82. The van der Waals surface area contributed by atoms with E-state index in [1.54, 1.807) is 17.1 Å². The minimum Gasteiger partial charge on any atom is -0.423 e. The maximum absolute atomic E-state index is 11.9. The third-order valence-corrected chi connectivity index (χ3v) is 4.24. The van der Waals surface area contributed by atoms with Crippen molar-refractivity contribution in [2.75, 3.05) is 0 Å². The molecule has 0 bridgehead atoms. The zero-order chi connectivity index (χ0) is 17.4. The number of aryl methyl sites for hydroxylation is 2. The Bertz CT molecular complexity index is 1120. The molecule has 0 saturated carbocycles. The minimum absolute atomic E-state index is 0.370. The van der Waals surface area contributed by atoms with Gasteiger partial charge < -0.3 is 4.42 Å². The van der Waals surface area contributed by atoms with Gasteiger partial charge in [0.25, 0.3) is 0 Å². The molecule has 7 heteroatoms. The molecule has 7 nitrogen and oxygen atoms in total. The van der Waals surface area contributed by atoms with Gasteiger partial charge in [0.05, 0.1) is 6.54 Å². The molecule has 0 fully saturated rings. The third kappa shape index (κ3) is 2.80. The average Bonchev–Trinajstić information content (AvgIpc) is 3.05. The lowest BCUT2D eigenvalue weighted by Gasteiger charge is -2.09. The number of tetrazole rings is 1. The Morgan fingerprint density at radius 3 is 2.64 bits per heavy atom. The third-order valence-electron chi connectivity index (χ3n) is 4.24. The number of nitrogens with zero attached hydrogens (tertiary/aromatic N) is 5. The lowest BCUT2D eigenvalue weighted by Crippen LogP contribution is -2.09. The van der Waals surface area contributed by atoms with Crippen molar-refractivity contribution in [3.63, 3.8) is 0 Å². The van der Waals surface area contributed by atoms with Gasteiger partial charge in [0.15, 0.2) is 5.82 Å². The fourth-order valence-electron chi connectivity index (χ4n) is 2.79. The van der Waals surface area contributed by atoms with Crippen LogP contribution < -0.4 is 5.63 Å². The van der Waals surface area contributed by atoms with Crippen LogP contribution in [0.5, 0.6) is 0 Å². The van der Waals surface area contributed by atoms with Crippen molar-refractivity contribution < 1.29 is 4.42 Å². The highest BCUT2D eigenvalue weighted by atomic mass is 16.4. The number of rotatable bonds is 3. The highest BCUT2D eigenvalue weighted by Crippen LogP contribution is 2.23. The van der Waals surface area contributed by atoms with Crippen LogP contribution in [0.2, 0.25) is 0 Å². The number of hydrogen-bond acceptors (Lipinski definition) is 6. The molecule has 1 aromatic carbocycles. The van der Waals surface area contributed by atoms with Crippen molar-refractivity contribution in [1.82, 2.24) is 25.2 Å². The molecule has 0 atom stereocenters. The van der Waals surface area contributed by atoms with E-state index in [2.05, 4.69) is 20.5 Å². The summed E-state index contributed by atoms with van der Waals surface area (Å²) in [6.07, 6.45) is 3.38. The Morgan fingerprint density at radius 2 is 1.84 bits per heavy atom. The van der Waals surface area contributed by atoms with Gasteiger partial charge in [-0.25, -0.2) is 9.48 Å². The van der Waals surface area contributed by atoms with E-state index in [0.717, 1.165) is 27.6 Å². The summed E-state index contributed by atoms with van der Waals surface area (Å²) < 4.78 is 7.01. The molecule has 124 valence electrons. The number of pyridine rings is 1. The van der Waals surface area contributed by atoms with Crippen LogP contribution in [0, 0.1) is 13.8 Å². The second kappa shape index (κ2) is 5.94. The number of benzene rings is 1. The zero-order valence-electron chi connectivity index (χ0n) is 13.8. The molecule has 3 aromatic heterocycles. The topological polar surface area (TPSA) is 86.7 Å². The van der Waals surface area contributed by atoms with Crippen LogP contribution in [-0.4, -0.2) is 25.2 Å². The molecule has 0 aliphatic heterocycles. The largest absolute Gasteiger partial charge is 0.423 e. The molecule has 0 spiro atoms.